The van der Waals surface area contributed by atoms with Gasteiger partial charge in [0, 0.05) is 0 Å². The van der Waals surface area contributed by atoms with E-state index >= 15 is 0 Å². The number of aliphatic carboxylic acids is 2. The SMILES string of the molecule is CSCC[C@H](N)C(=O)O.CSCC[C@H](N)C(=O)O. The van der Waals surface area contributed by atoms with Crippen molar-refractivity contribution in [1.82, 2.24) is 0 Å². The Kier molecular flexibility index (Phi) is 14.4. The minimum Gasteiger partial charge on any atom is -0.480 e. The van der Waals surface area contributed by atoms with Gasteiger partial charge < -0.3 is 21.7 Å². The van der Waals surface area contributed by atoms with Crippen LogP contribution in [0.1, 0.15) is 12.8 Å². The average molecular weight is 298 g/mol. The Labute approximate surface area is 116 Å². The van der Waals surface area contributed by atoms with E-state index in [1.54, 1.807) is 23.5 Å². The van der Waals surface area contributed by atoms with Gasteiger partial charge in [0.15, 0.2) is 0 Å². The molecule has 0 unspecified atom stereocenters. The maximum absolute atomic E-state index is 10.1. The third-order valence-corrected chi connectivity index (χ3v) is 3.19. The van der Waals surface area contributed by atoms with E-state index in [0.29, 0.717) is 12.8 Å². The van der Waals surface area contributed by atoms with Crippen molar-refractivity contribution in [3.05, 3.63) is 0 Å². The predicted molar refractivity (Wildman–Crippen MR) is 77.2 cm³/mol. The standard InChI is InChI=1S/2C5H11NO2S/c2*1-9-3-2-4(6)5(7)8/h2*4H,2-3,6H2,1H3,(H,7,8)/t2*4-/m00/s1. The van der Waals surface area contributed by atoms with E-state index in [1.165, 1.54) is 0 Å². The van der Waals surface area contributed by atoms with Crippen LogP contribution in [0, 0.1) is 0 Å². The Hall–Kier alpha value is -0.440. The van der Waals surface area contributed by atoms with Gasteiger partial charge in [-0.25, -0.2) is 0 Å². The van der Waals surface area contributed by atoms with Crippen molar-refractivity contribution in [2.75, 3.05) is 24.0 Å². The number of carboxylic acids is 2. The summed E-state index contributed by atoms with van der Waals surface area (Å²) < 4.78 is 0. The molecular formula is C10H22N2O4S2. The molecule has 0 rings (SSSR count). The molecule has 6 N–H and O–H groups in total. The van der Waals surface area contributed by atoms with Gasteiger partial charge in [0.05, 0.1) is 0 Å². The topological polar surface area (TPSA) is 127 Å². The molecule has 0 aromatic heterocycles. The van der Waals surface area contributed by atoms with Gasteiger partial charge in [-0.1, -0.05) is 0 Å². The van der Waals surface area contributed by atoms with Crippen LogP contribution in [0.2, 0.25) is 0 Å². The smallest absolute Gasteiger partial charge is 0.320 e. The first-order valence-corrected chi connectivity index (χ1v) is 8.10. The second kappa shape index (κ2) is 13.0. The van der Waals surface area contributed by atoms with Gasteiger partial charge in [-0.3, -0.25) is 9.59 Å². The number of rotatable bonds is 8. The number of thioether (sulfide) groups is 2. The largest absolute Gasteiger partial charge is 0.480 e. The average Bonchev–Trinajstić information content (AvgIpc) is 2.33. The van der Waals surface area contributed by atoms with Gasteiger partial charge >= 0.3 is 11.9 Å². The van der Waals surface area contributed by atoms with Crippen LogP contribution in [0.4, 0.5) is 0 Å². The maximum Gasteiger partial charge on any atom is 0.320 e. The highest BCUT2D eigenvalue weighted by Gasteiger charge is 2.09. The van der Waals surface area contributed by atoms with Crippen LogP contribution in [0.3, 0.4) is 0 Å². The Morgan fingerprint density at radius 2 is 1.22 bits per heavy atom. The molecule has 8 heteroatoms. The molecule has 0 aromatic rings. The molecule has 0 spiro atoms. The first kappa shape index (κ1) is 19.9. The number of carboxylic acid groups (broad SMARTS) is 2. The van der Waals surface area contributed by atoms with Crippen LogP contribution in [-0.4, -0.2) is 58.3 Å². The molecule has 0 aliphatic heterocycles. The van der Waals surface area contributed by atoms with Crippen LogP contribution in [0.25, 0.3) is 0 Å². The lowest BCUT2D eigenvalue weighted by Crippen LogP contribution is -2.30. The fourth-order valence-electron chi connectivity index (χ4n) is 0.737. The fourth-order valence-corrected chi connectivity index (χ4v) is 1.72. The molecule has 108 valence electrons. The van der Waals surface area contributed by atoms with Crippen molar-refractivity contribution in [2.45, 2.75) is 24.9 Å². The van der Waals surface area contributed by atoms with E-state index in [4.69, 9.17) is 21.7 Å². The molecule has 0 fully saturated rings. The van der Waals surface area contributed by atoms with Crippen molar-refractivity contribution in [1.29, 1.82) is 0 Å². The quantitative estimate of drug-likeness (QED) is 0.504. The zero-order valence-corrected chi connectivity index (χ0v) is 12.3. The molecule has 0 aromatic carbocycles. The number of hydrogen-bond acceptors (Lipinski definition) is 6. The lowest BCUT2D eigenvalue weighted by molar-refractivity contribution is -0.139. The lowest BCUT2D eigenvalue weighted by Gasteiger charge is -2.02. The maximum atomic E-state index is 10.1. The molecule has 0 bridgehead atoms. The van der Waals surface area contributed by atoms with Crippen molar-refractivity contribution >= 4 is 35.5 Å². The first-order valence-electron chi connectivity index (χ1n) is 5.31. The second-order valence-electron chi connectivity index (χ2n) is 3.45. The molecule has 0 saturated carbocycles. The normalized spacial score (nSPS) is 13.1. The van der Waals surface area contributed by atoms with E-state index in [-0.39, 0.29) is 0 Å². The van der Waals surface area contributed by atoms with Crippen LogP contribution in [0.15, 0.2) is 0 Å². The highest BCUT2D eigenvalue weighted by atomic mass is 32.2. The number of nitrogens with two attached hydrogens (primary N) is 2. The zero-order valence-electron chi connectivity index (χ0n) is 10.7. The molecule has 18 heavy (non-hydrogen) atoms. The summed E-state index contributed by atoms with van der Waals surface area (Å²) in [4.78, 5) is 20.1. The highest BCUT2D eigenvalue weighted by Crippen LogP contribution is 1.98. The van der Waals surface area contributed by atoms with E-state index in [0.717, 1.165) is 11.5 Å². The molecule has 2 atom stereocenters. The molecule has 6 nitrogen and oxygen atoms in total. The Morgan fingerprint density at radius 3 is 1.39 bits per heavy atom. The highest BCUT2D eigenvalue weighted by molar-refractivity contribution is 7.98. The van der Waals surface area contributed by atoms with E-state index in [1.807, 2.05) is 12.5 Å². The summed E-state index contributed by atoms with van der Waals surface area (Å²) in [5.41, 5.74) is 10.4. The molecule has 0 amide bonds. The summed E-state index contributed by atoms with van der Waals surface area (Å²) >= 11 is 3.21. The fraction of sp³-hybridized carbons (Fsp3) is 0.800. The van der Waals surface area contributed by atoms with Gasteiger partial charge in [0.1, 0.15) is 12.1 Å². The summed E-state index contributed by atoms with van der Waals surface area (Å²) in [6.45, 7) is 0. The van der Waals surface area contributed by atoms with Crippen LogP contribution in [0.5, 0.6) is 0 Å². The van der Waals surface area contributed by atoms with E-state index in [2.05, 4.69) is 0 Å². The number of carbonyl (C=O) groups is 2. The molecule has 0 aliphatic rings. The van der Waals surface area contributed by atoms with Crippen molar-refractivity contribution in [2.24, 2.45) is 11.5 Å². The minimum absolute atomic E-state index is 0.552. The third kappa shape index (κ3) is 13.6. The lowest BCUT2D eigenvalue weighted by atomic mass is 10.2. The summed E-state index contributed by atoms with van der Waals surface area (Å²) in [5.74, 6) is -0.200. The Balaban J connectivity index is 0. The van der Waals surface area contributed by atoms with Crippen LogP contribution >= 0.6 is 23.5 Å². The summed E-state index contributed by atoms with van der Waals surface area (Å²) in [5, 5.41) is 16.5. The van der Waals surface area contributed by atoms with Crippen molar-refractivity contribution in [3.8, 4) is 0 Å². The predicted octanol–water partition coefficient (Wildman–Crippen LogP) is 0.303. The zero-order chi connectivity index (χ0) is 14.6. The molecule has 0 radical (unpaired) electrons. The summed E-state index contributed by atoms with van der Waals surface area (Å²) in [7, 11) is 0. The second-order valence-corrected chi connectivity index (χ2v) is 5.42. The Bertz CT molecular complexity index is 218. The Morgan fingerprint density at radius 1 is 0.944 bits per heavy atom. The third-order valence-electron chi connectivity index (χ3n) is 1.90. The molecular weight excluding hydrogens is 276 g/mol. The minimum atomic E-state index is -0.913. The number of hydrogen-bond donors (Lipinski definition) is 4. The first-order chi connectivity index (χ1) is 8.36. The van der Waals surface area contributed by atoms with E-state index in [9.17, 15) is 9.59 Å². The molecule has 0 heterocycles. The van der Waals surface area contributed by atoms with Gasteiger partial charge in [0.25, 0.3) is 0 Å². The molecule has 0 saturated heterocycles. The van der Waals surface area contributed by atoms with Gasteiger partial charge in [-0.2, -0.15) is 23.5 Å². The molecule has 0 aliphatic carbocycles. The van der Waals surface area contributed by atoms with E-state index < -0.39 is 24.0 Å². The van der Waals surface area contributed by atoms with Gasteiger partial charge in [-0.15, -0.1) is 0 Å². The summed E-state index contributed by atoms with van der Waals surface area (Å²) in [6.07, 6.45) is 4.95. The van der Waals surface area contributed by atoms with Crippen molar-refractivity contribution < 1.29 is 19.8 Å². The van der Waals surface area contributed by atoms with Crippen LogP contribution in [-0.2, 0) is 9.59 Å². The van der Waals surface area contributed by atoms with Crippen LogP contribution < -0.4 is 11.5 Å². The van der Waals surface area contributed by atoms with Gasteiger partial charge in [-0.05, 0) is 36.9 Å². The van der Waals surface area contributed by atoms with Gasteiger partial charge in [0.2, 0.25) is 0 Å². The summed E-state index contributed by atoms with van der Waals surface area (Å²) in [6, 6.07) is -1.37. The monoisotopic (exact) mass is 298 g/mol. The van der Waals surface area contributed by atoms with Crippen molar-refractivity contribution in [3.63, 3.8) is 0 Å².